The zero-order valence-electron chi connectivity index (χ0n) is 15.8. The number of fused-ring (bicyclic) bond motifs is 1. The minimum atomic E-state index is -0.312. The molecule has 2 N–H and O–H groups in total. The summed E-state index contributed by atoms with van der Waals surface area (Å²) in [5.74, 6) is 0.399. The number of rotatable bonds is 7. The maximum Gasteiger partial charge on any atom is 0.229 e. The van der Waals surface area contributed by atoms with Crippen molar-refractivity contribution in [2.75, 3.05) is 6.61 Å². The smallest absolute Gasteiger partial charge is 0.229 e. The molecule has 7 nitrogen and oxygen atoms in total. The highest BCUT2D eigenvalue weighted by atomic mass is 32.1. The zero-order valence-corrected chi connectivity index (χ0v) is 16.6. The highest BCUT2D eigenvalue weighted by Gasteiger charge is 2.15. The van der Waals surface area contributed by atoms with E-state index in [1.54, 1.807) is 18.3 Å². The molecule has 0 aliphatic heterocycles. The Morgan fingerprint density at radius 2 is 1.93 bits per heavy atom. The molecule has 0 aliphatic carbocycles. The van der Waals surface area contributed by atoms with E-state index in [2.05, 4.69) is 44.8 Å². The third-order valence-electron chi connectivity index (χ3n) is 4.34. The standard InChI is InChI=1S/C21H20N4O3S/c1-13(12-26)22-18(27)10-19-24-25-20(28-19)11-21-23-16-8-7-15(9-17(16)29-21)14-5-3-2-4-6-14/h2-9,13,26H,10-12H2,1H3,(H,22,27). The maximum atomic E-state index is 11.9. The van der Waals surface area contributed by atoms with Gasteiger partial charge >= 0.3 is 0 Å². The molecule has 8 heteroatoms. The topological polar surface area (TPSA) is 101 Å². The van der Waals surface area contributed by atoms with E-state index in [0.717, 1.165) is 20.8 Å². The van der Waals surface area contributed by atoms with Crippen molar-refractivity contribution in [2.24, 2.45) is 0 Å². The Labute approximate surface area is 171 Å². The van der Waals surface area contributed by atoms with Gasteiger partial charge in [-0.05, 0) is 30.2 Å². The van der Waals surface area contributed by atoms with Crippen molar-refractivity contribution in [3.05, 3.63) is 65.3 Å². The lowest BCUT2D eigenvalue weighted by Crippen LogP contribution is -2.36. The Kier molecular flexibility index (Phi) is 5.64. The van der Waals surface area contributed by atoms with Crippen LogP contribution in [0.2, 0.25) is 0 Å². The van der Waals surface area contributed by atoms with Gasteiger partial charge < -0.3 is 14.8 Å². The predicted octanol–water partition coefficient (Wildman–Crippen LogP) is 2.98. The van der Waals surface area contributed by atoms with Crippen LogP contribution in [-0.4, -0.2) is 38.8 Å². The second-order valence-corrected chi connectivity index (χ2v) is 7.87. The summed E-state index contributed by atoms with van der Waals surface area (Å²) >= 11 is 1.59. The van der Waals surface area contributed by atoms with Crippen molar-refractivity contribution in [1.82, 2.24) is 20.5 Å². The number of aliphatic hydroxyl groups is 1. The molecule has 2 heterocycles. The zero-order chi connectivity index (χ0) is 20.2. The normalized spacial score (nSPS) is 12.2. The van der Waals surface area contributed by atoms with E-state index < -0.39 is 0 Å². The molecule has 1 unspecified atom stereocenters. The second-order valence-electron chi connectivity index (χ2n) is 6.75. The van der Waals surface area contributed by atoms with Crippen LogP contribution in [0.15, 0.2) is 52.9 Å². The molecule has 1 atom stereocenters. The average molecular weight is 408 g/mol. The lowest BCUT2D eigenvalue weighted by molar-refractivity contribution is -0.121. The van der Waals surface area contributed by atoms with Gasteiger partial charge in [-0.1, -0.05) is 36.4 Å². The summed E-state index contributed by atoms with van der Waals surface area (Å²) in [5.41, 5.74) is 3.25. The summed E-state index contributed by atoms with van der Waals surface area (Å²) in [6.45, 7) is 1.60. The van der Waals surface area contributed by atoms with Gasteiger partial charge in [-0.15, -0.1) is 21.5 Å². The number of carbonyl (C=O) groups is 1. The third-order valence-corrected chi connectivity index (χ3v) is 5.36. The van der Waals surface area contributed by atoms with Gasteiger partial charge in [-0.25, -0.2) is 4.98 Å². The first-order valence-corrected chi connectivity index (χ1v) is 10.1. The van der Waals surface area contributed by atoms with Crippen LogP contribution in [0.4, 0.5) is 0 Å². The van der Waals surface area contributed by atoms with Crippen LogP contribution in [0, 0.1) is 0 Å². The quantitative estimate of drug-likeness (QED) is 0.488. The van der Waals surface area contributed by atoms with Gasteiger partial charge in [0.15, 0.2) is 0 Å². The summed E-state index contributed by atoms with van der Waals surface area (Å²) in [7, 11) is 0. The Morgan fingerprint density at radius 1 is 1.14 bits per heavy atom. The summed E-state index contributed by atoms with van der Waals surface area (Å²) in [5, 5.41) is 20.5. The first kappa shape index (κ1) is 19.2. The molecular formula is C21H20N4O3S. The molecule has 148 valence electrons. The van der Waals surface area contributed by atoms with E-state index in [9.17, 15) is 4.79 Å². The van der Waals surface area contributed by atoms with Gasteiger partial charge in [0, 0.05) is 6.04 Å². The van der Waals surface area contributed by atoms with E-state index in [4.69, 9.17) is 9.52 Å². The van der Waals surface area contributed by atoms with Crippen molar-refractivity contribution in [2.45, 2.75) is 25.8 Å². The van der Waals surface area contributed by atoms with Crippen LogP contribution < -0.4 is 5.32 Å². The number of thiazole rings is 1. The molecule has 1 amide bonds. The molecular weight excluding hydrogens is 388 g/mol. The van der Waals surface area contributed by atoms with Crippen LogP contribution in [0.5, 0.6) is 0 Å². The number of nitrogens with one attached hydrogen (secondary N) is 1. The highest BCUT2D eigenvalue weighted by Crippen LogP contribution is 2.29. The van der Waals surface area contributed by atoms with Crippen LogP contribution in [0.1, 0.15) is 23.7 Å². The van der Waals surface area contributed by atoms with Gasteiger partial charge in [-0.2, -0.15) is 0 Å². The van der Waals surface area contributed by atoms with Crippen LogP contribution in [0.3, 0.4) is 0 Å². The first-order chi connectivity index (χ1) is 14.1. The van der Waals surface area contributed by atoms with Crippen molar-refractivity contribution in [1.29, 1.82) is 0 Å². The minimum absolute atomic E-state index is 0.0162. The molecule has 0 saturated heterocycles. The Morgan fingerprint density at radius 3 is 2.72 bits per heavy atom. The van der Waals surface area contributed by atoms with Gasteiger partial charge in [0.2, 0.25) is 17.7 Å². The van der Waals surface area contributed by atoms with Crippen LogP contribution in [-0.2, 0) is 17.6 Å². The minimum Gasteiger partial charge on any atom is -0.424 e. The van der Waals surface area contributed by atoms with Crippen LogP contribution >= 0.6 is 11.3 Å². The number of nitrogens with zero attached hydrogens (tertiary/aromatic N) is 3. The molecule has 0 aliphatic rings. The second kappa shape index (κ2) is 8.50. The largest absolute Gasteiger partial charge is 0.424 e. The fourth-order valence-electron chi connectivity index (χ4n) is 2.93. The monoisotopic (exact) mass is 408 g/mol. The highest BCUT2D eigenvalue weighted by molar-refractivity contribution is 7.18. The SMILES string of the molecule is CC(CO)NC(=O)Cc1nnc(Cc2nc3ccc(-c4ccccc4)cc3s2)o1. The molecule has 4 rings (SSSR count). The average Bonchev–Trinajstić information content (AvgIpc) is 3.33. The van der Waals surface area contributed by atoms with E-state index >= 15 is 0 Å². The third kappa shape index (κ3) is 4.67. The van der Waals surface area contributed by atoms with E-state index in [1.165, 1.54) is 5.56 Å². The fourth-order valence-corrected chi connectivity index (χ4v) is 3.93. The fraction of sp³-hybridized carbons (Fsp3) is 0.238. The molecule has 0 spiro atoms. The van der Waals surface area contributed by atoms with Crippen molar-refractivity contribution in [3.63, 3.8) is 0 Å². The maximum absolute atomic E-state index is 11.9. The van der Waals surface area contributed by atoms with Gasteiger partial charge in [0.05, 0.1) is 23.2 Å². The summed E-state index contributed by atoms with van der Waals surface area (Å²) in [4.78, 5) is 16.5. The number of benzene rings is 2. The Hall–Kier alpha value is -3.10. The number of aromatic nitrogens is 3. The molecule has 29 heavy (non-hydrogen) atoms. The molecule has 4 aromatic rings. The first-order valence-electron chi connectivity index (χ1n) is 9.27. The number of aliphatic hydroxyl groups excluding tert-OH is 1. The van der Waals surface area contributed by atoms with Crippen molar-refractivity contribution >= 4 is 27.5 Å². The van der Waals surface area contributed by atoms with Crippen LogP contribution in [0.25, 0.3) is 21.3 Å². The van der Waals surface area contributed by atoms with E-state index in [1.807, 2.05) is 24.3 Å². The predicted molar refractivity (Wildman–Crippen MR) is 111 cm³/mol. The van der Waals surface area contributed by atoms with Gasteiger partial charge in [-0.3, -0.25) is 4.79 Å². The molecule has 0 bridgehead atoms. The summed E-state index contributed by atoms with van der Waals surface area (Å²) in [6.07, 6.45) is 0.402. The van der Waals surface area contributed by atoms with Gasteiger partial charge in [0.25, 0.3) is 0 Å². The molecule has 2 aromatic heterocycles. The molecule has 2 aromatic carbocycles. The summed E-state index contributed by atoms with van der Waals surface area (Å²) in [6, 6.07) is 16.1. The molecule has 0 radical (unpaired) electrons. The lowest BCUT2D eigenvalue weighted by atomic mass is 10.1. The van der Waals surface area contributed by atoms with Crippen molar-refractivity contribution in [3.8, 4) is 11.1 Å². The van der Waals surface area contributed by atoms with Gasteiger partial charge in [0.1, 0.15) is 11.4 Å². The lowest BCUT2D eigenvalue weighted by Gasteiger charge is -2.08. The Balaban J connectivity index is 1.46. The van der Waals surface area contributed by atoms with E-state index in [0.29, 0.717) is 12.3 Å². The molecule has 0 fully saturated rings. The molecule has 0 saturated carbocycles. The van der Waals surface area contributed by atoms with E-state index in [-0.39, 0.29) is 30.9 Å². The van der Waals surface area contributed by atoms with Crippen molar-refractivity contribution < 1.29 is 14.3 Å². The number of hydrogen-bond acceptors (Lipinski definition) is 7. The Bertz CT molecular complexity index is 1120. The number of amides is 1. The number of hydrogen-bond donors (Lipinski definition) is 2. The summed E-state index contributed by atoms with van der Waals surface area (Å²) < 4.78 is 6.68. The number of carbonyl (C=O) groups excluding carboxylic acids is 1.